The first kappa shape index (κ1) is 10.6. The van der Waals surface area contributed by atoms with E-state index in [4.69, 9.17) is 4.74 Å². The molecule has 84 valence electrons. The normalized spacial score (nSPS) is 21.4. The molecule has 1 unspecified atom stereocenters. The lowest BCUT2D eigenvalue weighted by Crippen LogP contribution is -2.22. The molecular formula is C11H19N3O. The van der Waals surface area contributed by atoms with Crippen LogP contribution >= 0.6 is 0 Å². The predicted octanol–water partition coefficient (Wildman–Crippen LogP) is 1.41. The van der Waals surface area contributed by atoms with Crippen molar-refractivity contribution in [3.05, 3.63) is 17.5 Å². The topological polar surface area (TPSA) is 49.9 Å². The van der Waals surface area contributed by atoms with Crippen molar-refractivity contribution in [2.75, 3.05) is 13.2 Å². The Morgan fingerprint density at radius 2 is 2.53 bits per heavy atom. The molecule has 1 aromatic heterocycles. The van der Waals surface area contributed by atoms with E-state index >= 15 is 0 Å². The van der Waals surface area contributed by atoms with Gasteiger partial charge in [0.1, 0.15) is 0 Å². The van der Waals surface area contributed by atoms with Gasteiger partial charge < -0.3 is 10.1 Å². The van der Waals surface area contributed by atoms with Gasteiger partial charge in [0, 0.05) is 36.4 Å². The summed E-state index contributed by atoms with van der Waals surface area (Å²) in [4.78, 5) is 0. The number of aromatic nitrogens is 2. The lowest BCUT2D eigenvalue weighted by Gasteiger charge is -2.11. The molecule has 1 aromatic rings. The number of aromatic amines is 1. The van der Waals surface area contributed by atoms with Crippen LogP contribution in [-0.2, 0) is 11.3 Å². The summed E-state index contributed by atoms with van der Waals surface area (Å²) >= 11 is 0. The van der Waals surface area contributed by atoms with Gasteiger partial charge in [-0.25, -0.2) is 0 Å². The first-order valence-corrected chi connectivity index (χ1v) is 5.60. The van der Waals surface area contributed by atoms with Crippen molar-refractivity contribution in [2.24, 2.45) is 0 Å². The molecule has 2 N–H and O–H groups in total. The van der Waals surface area contributed by atoms with E-state index in [0.29, 0.717) is 12.0 Å². The Labute approximate surface area is 90.4 Å². The Hall–Kier alpha value is -0.870. The standard InChI is InChI=1S/C11H19N3O/c1-8(2)12-5-10-6-13-14-11(10)9-3-4-15-7-9/h6,8-9,12H,3-5,7H2,1-2H3,(H,13,14). The molecule has 2 rings (SSSR count). The van der Waals surface area contributed by atoms with Crippen molar-refractivity contribution >= 4 is 0 Å². The first-order valence-electron chi connectivity index (χ1n) is 5.60. The molecule has 0 saturated carbocycles. The molecule has 0 aromatic carbocycles. The van der Waals surface area contributed by atoms with Crippen LogP contribution in [0.4, 0.5) is 0 Å². The molecule has 0 amide bonds. The number of nitrogens with zero attached hydrogens (tertiary/aromatic N) is 1. The molecule has 2 heterocycles. The van der Waals surface area contributed by atoms with Gasteiger partial charge in [-0.2, -0.15) is 5.10 Å². The Balaban J connectivity index is 2.01. The summed E-state index contributed by atoms with van der Waals surface area (Å²) in [6.45, 7) is 6.90. The van der Waals surface area contributed by atoms with E-state index in [1.54, 1.807) is 0 Å². The van der Waals surface area contributed by atoms with Crippen molar-refractivity contribution in [3.8, 4) is 0 Å². The van der Waals surface area contributed by atoms with Gasteiger partial charge in [0.15, 0.2) is 0 Å². The largest absolute Gasteiger partial charge is 0.381 e. The quantitative estimate of drug-likeness (QED) is 0.788. The third-order valence-corrected chi connectivity index (χ3v) is 2.79. The van der Waals surface area contributed by atoms with Crippen molar-refractivity contribution in [1.29, 1.82) is 0 Å². The smallest absolute Gasteiger partial charge is 0.0550 e. The molecular weight excluding hydrogens is 190 g/mol. The lowest BCUT2D eigenvalue weighted by molar-refractivity contribution is 0.193. The van der Waals surface area contributed by atoms with E-state index in [-0.39, 0.29) is 0 Å². The van der Waals surface area contributed by atoms with Gasteiger partial charge in [-0.15, -0.1) is 0 Å². The third-order valence-electron chi connectivity index (χ3n) is 2.79. The van der Waals surface area contributed by atoms with Gasteiger partial charge in [-0.3, -0.25) is 5.10 Å². The average molecular weight is 209 g/mol. The maximum atomic E-state index is 5.39. The van der Waals surface area contributed by atoms with Crippen LogP contribution in [0.25, 0.3) is 0 Å². The summed E-state index contributed by atoms with van der Waals surface area (Å²) in [7, 11) is 0. The summed E-state index contributed by atoms with van der Waals surface area (Å²) in [5.74, 6) is 0.511. The number of rotatable bonds is 4. The minimum Gasteiger partial charge on any atom is -0.381 e. The predicted molar refractivity (Wildman–Crippen MR) is 58.7 cm³/mol. The van der Waals surface area contributed by atoms with Crippen LogP contribution in [0.3, 0.4) is 0 Å². The van der Waals surface area contributed by atoms with Gasteiger partial charge in [-0.1, -0.05) is 13.8 Å². The summed E-state index contributed by atoms with van der Waals surface area (Å²) < 4.78 is 5.39. The number of nitrogens with one attached hydrogen (secondary N) is 2. The average Bonchev–Trinajstić information content (AvgIpc) is 2.85. The maximum absolute atomic E-state index is 5.39. The van der Waals surface area contributed by atoms with Crippen LogP contribution in [0, 0.1) is 0 Å². The van der Waals surface area contributed by atoms with Crippen LogP contribution < -0.4 is 5.32 Å². The highest BCUT2D eigenvalue weighted by atomic mass is 16.5. The summed E-state index contributed by atoms with van der Waals surface area (Å²) in [5.41, 5.74) is 2.53. The van der Waals surface area contributed by atoms with Gasteiger partial charge in [-0.05, 0) is 6.42 Å². The van der Waals surface area contributed by atoms with E-state index in [0.717, 1.165) is 26.2 Å². The molecule has 1 saturated heterocycles. The van der Waals surface area contributed by atoms with Crippen molar-refractivity contribution in [2.45, 2.75) is 38.8 Å². The molecule has 0 aliphatic carbocycles. The van der Waals surface area contributed by atoms with Crippen LogP contribution in [0.15, 0.2) is 6.20 Å². The molecule has 0 spiro atoms. The van der Waals surface area contributed by atoms with Crippen LogP contribution in [0.5, 0.6) is 0 Å². The second-order valence-corrected chi connectivity index (χ2v) is 4.41. The van der Waals surface area contributed by atoms with Gasteiger partial charge in [0.25, 0.3) is 0 Å². The molecule has 1 aliphatic rings. The molecule has 4 nitrogen and oxygen atoms in total. The Morgan fingerprint density at radius 3 is 3.20 bits per heavy atom. The Kier molecular flexibility index (Phi) is 3.38. The number of hydrogen-bond acceptors (Lipinski definition) is 3. The first-order chi connectivity index (χ1) is 7.27. The second-order valence-electron chi connectivity index (χ2n) is 4.41. The monoisotopic (exact) mass is 209 g/mol. The van der Waals surface area contributed by atoms with Crippen molar-refractivity contribution < 1.29 is 4.74 Å². The molecule has 0 radical (unpaired) electrons. The molecule has 1 atom stereocenters. The fraction of sp³-hybridized carbons (Fsp3) is 0.727. The van der Waals surface area contributed by atoms with E-state index in [1.807, 2.05) is 6.20 Å². The number of ether oxygens (including phenoxy) is 1. The highest BCUT2D eigenvalue weighted by molar-refractivity contribution is 5.21. The number of H-pyrrole nitrogens is 1. The SMILES string of the molecule is CC(C)NCc1cn[nH]c1C1CCOC1. The molecule has 0 bridgehead atoms. The highest BCUT2D eigenvalue weighted by Crippen LogP contribution is 2.25. The van der Waals surface area contributed by atoms with E-state index in [9.17, 15) is 0 Å². The fourth-order valence-corrected chi connectivity index (χ4v) is 1.89. The number of hydrogen-bond donors (Lipinski definition) is 2. The zero-order valence-corrected chi connectivity index (χ0v) is 9.42. The van der Waals surface area contributed by atoms with Gasteiger partial charge in [0.05, 0.1) is 12.8 Å². The minimum atomic E-state index is 0.507. The summed E-state index contributed by atoms with van der Waals surface area (Å²) in [6.07, 6.45) is 3.03. The van der Waals surface area contributed by atoms with Gasteiger partial charge in [0.2, 0.25) is 0 Å². The maximum Gasteiger partial charge on any atom is 0.0550 e. The van der Waals surface area contributed by atoms with Crippen LogP contribution in [0.2, 0.25) is 0 Å². The van der Waals surface area contributed by atoms with Gasteiger partial charge >= 0.3 is 0 Å². The van der Waals surface area contributed by atoms with Crippen molar-refractivity contribution in [1.82, 2.24) is 15.5 Å². The molecule has 15 heavy (non-hydrogen) atoms. The Bertz CT molecular complexity index is 303. The van der Waals surface area contributed by atoms with E-state index in [1.165, 1.54) is 11.3 Å². The molecule has 1 fully saturated rings. The second kappa shape index (κ2) is 4.77. The van der Waals surface area contributed by atoms with E-state index < -0.39 is 0 Å². The Morgan fingerprint density at radius 1 is 1.67 bits per heavy atom. The van der Waals surface area contributed by atoms with Crippen LogP contribution in [0.1, 0.15) is 37.4 Å². The fourth-order valence-electron chi connectivity index (χ4n) is 1.89. The zero-order valence-electron chi connectivity index (χ0n) is 9.42. The molecule has 4 heteroatoms. The summed E-state index contributed by atoms with van der Waals surface area (Å²) in [5, 5.41) is 10.6. The highest BCUT2D eigenvalue weighted by Gasteiger charge is 2.21. The minimum absolute atomic E-state index is 0.507. The zero-order chi connectivity index (χ0) is 10.7. The summed E-state index contributed by atoms with van der Waals surface area (Å²) in [6, 6.07) is 0.507. The van der Waals surface area contributed by atoms with Crippen LogP contribution in [-0.4, -0.2) is 29.5 Å². The van der Waals surface area contributed by atoms with E-state index in [2.05, 4.69) is 29.4 Å². The van der Waals surface area contributed by atoms with Crippen molar-refractivity contribution in [3.63, 3.8) is 0 Å². The molecule has 1 aliphatic heterocycles. The third kappa shape index (κ3) is 2.58. The lowest BCUT2D eigenvalue weighted by atomic mass is 10.0.